The number of Topliss-reactive ketones (excluding diaryl/α,β-unsaturated/α-hetero) is 2. The van der Waals surface area contributed by atoms with Gasteiger partial charge in [-0.15, -0.1) is 0 Å². The van der Waals surface area contributed by atoms with Crippen molar-refractivity contribution in [2.45, 2.75) is 6.42 Å². The average molecular weight is 390 g/mol. The Balaban J connectivity index is 1.66. The normalized spacial score (nSPS) is 10.5. The number of hydrogen-bond acceptors (Lipinski definition) is 5. The molecule has 0 saturated heterocycles. The molecular weight excluding hydrogens is 376 g/mol. The van der Waals surface area contributed by atoms with E-state index in [1.165, 1.54) is 23.5 Å². The number of thiazole rings is 1. The number of H-pyrrole nitrogens is 1. The van der Waals surface area contributed by atoms with E-state index in [0.717, 1.165) is 10.2 Å². The molecule has 3 rings (SSSR count). The van der Waals surface area contributed by atoms with E-state index >= 15 is 0 Å². The number of fused-ring (bicyclic) bond motifs is 1. The summed E-state index contributed by atoms with van der Waals surface area (Å²) >= 11 is 7.03. The maximum Gasteiger partial charge on any atom is 0.376 e. The van der Waals surface area contributed by atoms with Crippen molar-refractivity contribution in [2.75, 3.05) is 12.4 Å². The molecule has 6 nitrogen and oxygen atoms in total. The predicted octanol–water partition coefficient (Wildman–Crippen LogP) is 3.16. The van der Waals surface area contributed by atoms with Crippen molar-refractivity contribution in [1.29, 1.82) is 0 Å². The molecule has 1 heterocycles. The van der Waals surface area contributed by atoms with Crippen molar-refractivity contribution >= 4 is 55.8 Å². The first-order valence-corrected chi connectivity index (χ1v) is 8.78. The lowest BCUT2D eigenvalue weighted by Crippen LogP contribution is -2.27. The number of ether oxygens (including phenoxy) is 1. The summed E-state index contributed by atoms with van der Waals surface area (Å²) in [5.74, 6) is -1.40. The molecule has 0 bridgehead atoms. The van der Waals surface area contributed by atoms with Crippen LogP contribution in [0.4, 0.5) is 5.13 Å². The van der Waals surface area contributed by atoms with Gasteiger partial charge in [-0.3, -0.25) is 9.59 Å². The molecule has 0 spiro atoms. The van der Waals surface area contributed by atoms with Crippen LogP contribution < -0.4 is 15.0 Å². The number of benzene rings is 2. The standard InChI is InChI=1S/C18H13ClN2O4S/c1-25-12-6-7-13-16(8-12)26-18(20-13)21-17(24)15(23)9-14(22)10-2-4-11(19)5-3-10/h2-8H,9H2,1H3,(H,20,21,24)/p+1. The Kier molecular flexibility index (Phi) is 5.29. The minimum absolute atomic E-state index is 0.330. The fraction of sp³-hybridized carbons (Fsp3) is 0.111. The first-order valence-electron chi connectivity index (χ1n) is 7.59. The van der Waals surface area contributed by atoms with Crippen molar-refractivity contribution in [3.05, 3.63) is 53.1 Å². The summed E-state index contributed by atoms with van der Waals surface area (Å²) in [6.07, 6.45) is -0.508. The molecule has 0 aliphatic carbocycles. The molecule has 0 fully saturated rings. The molecule has 0 atom stereocenters. The van der Waals surface area contributed by atoms with E-state index in [0.29, 0.717) is 21.5 Å². The van der Waals surface area contributed by atoms with Crippen LogP contribution in [0.5, 0.6) is 5.75 Å². The molecule has 2 aromatic carbocycles. The fourth-order valence-corrected chi connectivity index (χ4v) is 3.32. The van der Waals surface area contributed by atoms with Crippen molar-refractivity contribution in [1.82, 2.24) is 0 Å². The summed E-state index contributed by atoms with van der Waals surface area (Å²) in [5.41, 5.74) is 1.13. The second-order valence-electron chi connectivity index (χ2n) is 5.40. The van der Waals surface area contributed by atoms with E-state index in [2.05, 4.69) is 10.3 Å². The number of ketones is 2. The first kappa shape index (κ1) is 18.0. The van der Waals surface area contributed by atoms with Crippen molar-refractivity contribution in [3.63, 3.8) is 0 Å². The molecular formula is C18H14ClN2O4S+. The number of anilines is 1. The molecule has 26 heavy (non-hydrogen) atoms. The van der Waals surface area contributed by atoms with Crippen LogP contribution in [0.3, 0.4) is 0 Å². The van der Waals surface area contributed by atoms with Crippen LogP contribution in [-0.4, -0.2) is 24.6 Å². The van der Waals surface area contributed by atoms with Crippen molar-refractivity contribution in [3.8, 4) is 5.75 Å². The minimum Gasteiger partial charge on any atom is -0.497 e. The van der Waals surface area contributed by atoms with Crippen LogP contribution in [0.25, 0.3) is 10.2 Å². The van der Waals surface area contributed by atoms with Gasteiger partial charge in [0.2, 0.25) is 0 Å². The summed E-state index contributed by atoms with van der Waals surface area (Å²) < 4.78 is 6.01. The van der Waals surface area contributed by atoms with E-state index in [1.807, 2.05) is 12.1 Å². The Labute approximate surface area is 157 Å². The molecule has 2 N–H and O–H groups in total. The number of hydrogen-bond donors (Lipinski definition) is 1. The van der Waals surface area contributed by atoms with E-state index in [-0.39, 0.29) is 0 Å². The fourth-order valence-electron chi connectivity index (χ4n) is 2.27. The maximum absolute atomic E-state index is 12.1. The summed E-state index contributed by atoms with van der Waals surface area (Å²) in [6.45, 7) is 0. The topological polar surface area (TPSA) is 86.6 Å². The SMILES string of the molecule is COc1ccc2[nH+]c(NC(=O)C(=O)CC(=O)c3ccc(Cl)cc3)sc2c1. The Hall–Kier alpha value is -2.77. The van der Waals surface area contributed by atoms with E-state index in [4.69, 9.17) is 16.3 Å². The van der Waals surface area contributed by atoms with Crippen molar-refractivity contribution < 1.29 is 24.1 Å². The molecule has 8 heteroatoms. The Morgan fingerprint density at radius 3 is 2.58 bits per heavy atom. The van der Waals surface area contributed by atoms with Crippen LogP contribution in [0.15, 0.2) is 42.5 Å². The van der Waals surface area contributed by atoms with Gasteiger partial charge in [-0.25, -0.2) is 9.78 Å². The largest absolute Gasteiger partial charge is 0.497 e. The zero-order chi connectivity index (χ0) is 18.7. The molecule has 3 aromatic rings. The molecule has 1 aromatic heterocycles. The van der Waals surface area contributed by atoms with E-state index in [9.17, 15) is 14.4 Å². The van der Waals surface area contributed by atoms with Gasteiger partial charge in [0.15, 0.2) is 5.78 Å². The van der Waals surface area contributed by atoms with Gasteiger partial charge >= 0.3 is 11.0 Å². The van der Waals surface area contributed by atoms with Gasteiger partial charge in [-0.2, -0.15) is 5.32 Å². The van der Waals surface area contributed by atoms with Gasteiger partial charge in [0.1, 0.15) is 11.3 Å². The number of methoxy groups -OCH3 is 1. The molecule has 0 aliphatic heterocycles. The molecule has 1 amide bonds. The number of nitrogens with one attached hydrogen (secondary N) is 2. The molecule has 0 unspecified atom stereocenters. The highest BCUT2D eigenvalue weighted by Gasteiger charge is 2.24. The Bertz CT molecular complexity index is 998. The monoisotopic (exact) mass is 389 g/mol. The van der Waals surface area contributed by atoms with Gasteiger partial charge in [-0.1, -0.05) is 11.6 Å². The number of amides is 1. The summed E-state index contributed by atoms with van der Waals surface area (Å²) in [7, 11) is 1.57. The number of halogens is 1. The van der Waals surface area contributed by atoms with Crippen molar-refractivity contribution in [2.24, 2.45) is 0 Å². The van der Waals surface area contributed by atoms with Gasteiger partial charge in [0, 0.05) is 16.7 Å². The molecule has 0 saturated carbocycles. The second-order valence-corrected chi connectivity index (χ2v) is 6.89. The summed E-state index contributed by atoms with van der Waals surface area (Å²) in [4.78, 5) is 39.2. The smallest absolute Gasteiger partial charge is 0.376 e. The third-order valence-corrected chi connectivity index (χ3v) is 4.83. The zero-order valence-corrected chi connectivity index (χ0v) is 15.2. The Morgan fingerprint density at radius 1 is 1.15 bits per heavy atom. The summed E-state index contributed by atoms with van der Waals surface area (Å²) in [5, 5.41) is 3.39. The van der Waals surface area contributed by atoms with Crippen LogP contribution in [0.1, 0.15) is 16.8 Å². The lowest BCUT2D eigenvalue weighted by atomic mass is 10.1. The van der Waals surface area contributed by atoms with E-state index < -0.39 is 23.9 Å². The minimum atomic E-state index is -0.845. The average Bonchev–Trinajstić information content (AvgIpc) is 3.03. The quantitative estimate of drug-likeness (QED) is 0.398. The predicted molar refractivity (Wildman–Crippen MR) is 99.0 cm³/mol. The molecule has 0 radical (unpaired) electrons. The third kappa shape index (κ3) is 4.07. The highest BCUT2D eigenvalue weighted by Crippen LogP contribution is 2.26. The highest BCUT2D eigenvalue weighted by atomic mass is 35.5. The van der Waals surface area contributed by atoms with E-state index in [1.54, 1.807) is 25.3 Å². The highest BCUT2D eigenvalue weighted by molar-refractivity contribution is 7.21. The van der Waals surface area contributed by atoms with Crippen LogP contribution in [0, 0.1) is 0 Å². The zero-order valence-electron chi connectivity index (χ0n) is 13.7. The number of carbonyl (C=O) groups excluding carboxylic acids is 3. The van der Waals surface area contributed by atoms with Crippen LogP contribution in [-0.2, 0) is 9.59 Å². The summed E-state index contributed by atoms with van der Waals surface area (Å²) in [6, 6.07) is 11.6. The first-order chi connectivity index (χ1) is 12.5. The lowest BCUT2D eigenvalue weighted by molar-refractivity contribution is -0.321. The van der Waals surface area contributed by atoms with Gasteiger partial charge < -0.3 is 4.74 Å². The van der Waals surface area contributed by atoms with Gasteiger partial charge in [0.25, 0.3) is 5.78 Å². The number of rotatable bonds is 6. The number of carbonyl (C=O) groups is 3. The number of aromatic nitrogens is 1. The molecule has 0 aliphatic rings. The molecule has 132 valence electrons. The third-order valence-electron chi connectivity index (χ3n) is 3.62. The number of aromatic amines is 1. The van der Waals surface area contributed by atoms with Gasteiger partial charge in [-0.05, 0) is 47.7 Å². The maximum atomic E-state index is 12.1. The Morgan fingerprint density at radius 2 is 1.88 bits per heavy atom. The van der Waals surface area contributed by atoms with Crippen LogP contribution in [0.2, 0.25) is 5.02 Å². The van der Waals surface area contributed by atoms with Gasteiger partial charge in [0.05, 0.1) is 18.2 Å². The lowest BCUT2D eigenvalue weighted by Gasteiger charge is -1.99. The second kappa shape index (κ2) is 7.63. The van der Waals surface area contributed by atoms with Crippen LogP contribution >= 0.6 is 22.9 Å².